The van der Waals surface area contributed by atoms with Crippen molar-refractivity contribution in [2.45, 2.75) is 72.0 Å². The largest absolute Gasteiger partial charge is 0.406 e. The number of nitrogens with one attached hydrogen (secondary N) is 2. The molecule has 1 aliphatic heterocycles. The highest BCUT2D eigenvalue weighted by atomic mass is 35.5. The van der Waals surface area contributed by atoms with Crippen LogP contribution in [-0.2, 0) is 0 Å². The third kappa shape index (κ3) is 3.95. The van der Waals surface area contributed by atoms with Gasteiger partial charge in [-0.1, -0.05) is 45.2 Å². The Labute approximate surface area is 139 Å². The first kappa shape index (κ1) is 17.6. The van der Waals surface area contributed by atoms with E-state index in [9.17, 15) is 0 Å². The van der Waals surface area contributed by atoms with E-state index >= 15 is 0 Å². The van der Waals surface area contributed by atoms with Crippen molar-refractivity contribution >= 4 is 11.6 Å². The number of hydroxylamine groups is 1. The van der Waals surface area contributed by atoms with E-state index in [1.54, 1.807) is 0 Å². The Balaban J connectivity index is 2.12. The van der Waals surface area contributed by atoms with Crippen molar-refractivity contribution < 1.29 is 4.84 Å². The highest BCUT2D eigenvalue weighted by molar-refractivity contribution is 6.31. The van der Waals surface area contributed by atoms with Crippen LogP contribution in [0.1, 0.15) is 70.2 Å². The van der Waals surface area contributed by atoms with E-state index in [1.165, 1.54) is 25.7 Å². The highest BCUT2D eigenvalue weighted by Crippen LogP contribution is 2.35. The van der Waals surface area contributed by atoms with Gasteiger partial charge in [0.25, 0.3) is 0 Å². The van der Waals surface area contributed by atoms with Crippen LogP contribution >= 0.6 is 11.6 Å². The molecular weight excluding hydrogens is 296 g/mol. The Morgan fingerprint density at radius 2 is 1.91 bits per heavy atom. The Bertz CT molecular complexity index is 486. The smallest absolute Gasteiger partial charge is 0.153 e. The number of rotatable bonds is 8. The van der Waals surface area contributed by atoms with Crippen molar-refractivity contribution in [1.82, 2.24) is 10.8 Å². The third-order valence-electron chi connectivity index (χ3n) is 4.60. The number of hydrogen-bond acceptors (Lipinski definition) is 3. The van der Waals surface area contributed by atoms with Gasteiger partial charge in [0.1, 0.15) is 6.17 Å². The van der Waals surface area contributed by atoms with Gasteiger partial charge in [-0.3, -0.25) is 5.32 Å². The maximum absolute atomic E-state index is 6.28. The fourth-order valence-electron chi connectivity index (χ4n) is 3.38. The van der Waals surface area contributed by atoms with Crippen LogP contribution in [0.25, 0.3) is 0 Å². The molecule has 2 rings (SSSR count). The normalized spacial score (nSPS) is 18.4. The third-order valence-corrected chi connectivity index (χ3v) is 5.00. The summed E-state index contributed by atoms with van der Waals surface area (Å²) in [7, 11) is 0. The first-order valence-corrected chi connectivity index (χ1v) is 8.96. The van der Waals surface area contributed by atoms with Gasteiger partial charge in [0.05, 0.1) is 0 Å². The molecule has 0 saturated carbocycles. The van der Waals surface area contributed by atoms with Crippen molar-refractivity contribution in [3.8, 4) is 5.75 Å². The van der Waals surface area contributed by atoms with Gasteiger partial charge >= 0.3 is 0 Å². The molecule has 0 amide bonds. The monoisotopic (exact) mass is 324 g/mol. The van der Waals surface area contributed by atoms with Crippen LogP contribution in [0.4, 0.5) is 0 Å². The van der Waals surface area contributed by atoms with E-state index in [1.807, 2.05) is 19.1 Å². The van der Waals surface area contributed by atoms with Crippen molar-refractivity contribution in [2.75, 3.05) is 0 Å². The lowest BCUT2D eigenvalue weighted by atomic mass is 9.88. The van der Waals surface area contributed by atoms with Gasteiger partial charge in [-0.25, -0.2) is 0 Å². The predicted molar refractivity (Wildman–Crippen MR) is 93.2 cm³/mol. The lowest BCUT2D eigenvalue weighted by Gasteiger charge is -2.29. The highest BCUT2D eigenvalue weighted by Gasteiger charge is 2.29. The fourth-order valence-corrected chi connectivity index (χ4v) is 3.56. The number of halogens is 1. The Morgan fingerprint density at radius 3 is 2.50 bits per heavy atom. The molecule has 1 aromatic carbocycles. The molecule has 3 nitrogen and oxygen atoms in total. The van der Waals surface area contributed by atoms with E-state index in [0.29, 0.717) is 12.0 Å². The second kappa shape index (κ2) is 8.19. The number of aryl methyl sites for hydroxylation is 1. The first-order valence-electron chi connectivity index (χ1n) is 8.59. The van der Waals surface area contributed by atoms with Crippen LogP contribution in [-0.4, -0.2) is 6.04 Å². The molecule has 2 unspecified atom stereocenters. The van der Waals surface area contributed by atoms with Crippen molar-refractivity contribution in [3.05, 3.63) is 28.3 Å². The summed E-state index contributed by atoms with van der Waals surface area (Å²) in [4.78, 5) is 5.62. The van der Waals surface area contributed by atoms with Crippen LogP contribution in [0.2, 0.25) is 5.02 Å². The minimum Gasteiger partial charge on any atom is -0.406 e. The zero-order chi connectivity index (χ0) is 16.1. The molecule has 0 spiro atoms. The zero-order valence-corrected chi connectivity index (χ0v) is 15.0. The molecular formula is C18H29ClN2O. The molecule has 2 atom stereocenters. The lowest BCUT2D eigenvalue weighted by Crippen LogP contribution is -2.42. The molecule has 0 saturated heterocycles. The van der Waals surface area contributed by atoms with Crippen LogP contribution in [0.15, 0.2) is 12.1 Å². The molecule has 1 aliphatic rings. The van der Waals surface area contributed by atoms with E-state index in [-0.39, 0.29) is 6.17 Å². The number of benzene rings is 1. The summed E-state index contributed by atoms with van der Waals surface area (Å²) in [5.41, 5.74) is 5.27. The van der Waals surface area contributed by atoms with Crippen molar-refractivity contribution in [1.29, 1.82) is 0 Å². The quantitative estimate of drug-likeness (QED) is 0.695. The molecule has 2 N–H and O–H groups in total. The summed E-state index contributed by atoms with van der Waals surface area (Å²) >= 11 is 6.28. The first-order chi connectivity index (χ1) is 10.6. The molecule has 0 aromatic heterocycles. The van der Waals surface area contributed by atoms with Gasteiger partial charge in [-0.05, 0) is 49.8 Å². The Kier molecular flexibility index (Phi) is 6.54. The lowest BCUT2D eigenvalue weighted by molar-refractivity contribution is 0.154. The van der Waals surface area contributed by atoms with E-state index in [0.717, 1.165) is 28.3 Å². The predicted octanol–water partition coefficient (Wildman–Crippen LogP) is 5.13. The van der Waals surface area contributed by atoms with Gasteiger partial charge in [0, 0.05) is 16.6 Å². The molecule has 0 radical (unpaired) electrons. The minimum absolute atomic E-state index is 0.0225. The van der Waals surface area contributed by atoms with Gasteiger partial charge in [-0.2, -0.15) is 0 Å². The summed E-state index contributed by atoms with van der Waals surface area (Å²) < 4.78 is 0. The molecule has 1 aromatic rings. The molecule has 0 aliphatic carbocycles. The van der Waals surface area contributed by atoms with Gasteiger partial charge in [-0.15, -0.1) is 5.48 Å². The maximum atomic E-state index is 6.28. The molecule has 0 fully saturated rings. The molecule has 22 heavy (non-hydrogen) atoms. The zero-order valence-electron chi connectivity index (χ0n) is 14.2. The van der Waals surface area contributed by atoms with E-state index in [2.05, 4.69) is 31.6 Å². The number of fused-ring (bicyclic) bond motifs is 1. The molecule has 4 heteroatoms. The summed E-state index contributed by atoms with van der Waals surface area (Å²) in [6.07, 6.45) is 6.16. The summed E-state index contributed by atoms with van der Waals surface area (Å²) in [6.45, 7) is 8.79. The van der Waals surface area contributed by atoms with Crippen LogP contribution in [0, 0.1) is 12.8 Å². The maximum Gasteiger partial charge on any atom is 0.153 e. The minimum atomic E-state index is 0.0225. The Morgan fingerprint density at radius 1 is 1.23 bits per heavy atom. The van der Waals surface area contributed by atoms with Gasteiger partial charge < -0.3 is 4.84 Å². The second-order valence-electron chi connectivity index (χ2n) is 6.31. The fraction of sp³-hybridized carbons (Fsp3) is 0.667. The SMILES string of the molecule is CCCC(CCC)C(CC)NC1NOc2cc(C)c(Cl)cc21. The summed E-state index contributed by atoms with van der Waals surface area (Å²) in [6, 6.07) is 4.51. The second-order valence-corrected chi connectivity index (χ2v) is 6.72. The van der Waals surface area contributed by atoms with Crippen LogP contribution < -0.4 is 15.6 Å². The van der Waals surface area contributed by atoms with E-state index < -0.39 is 0 Å². The Hall–Kier alpha value is -0.770. The van der Waals surface area contributed by atoms with E-state index in [4.69, 9.17) is 16.4 Å². The summed E-state index contributed by atoms with van der Waals surface area (Å²) in [5.74, 6) is 1.60. The average molecular weight is 325 g/mol. The summed E-state index contributed by atoms with van der Waals surface area (Å²) in [5, 5.41) is 4.54. The van der Waals surface area contributed by atoms with Crippen LogP contribution in [0.5, 0.6) is 5.75 Å². The van der Waals surface area contributed by atoms with Crippen molar-refractivity contribution in [2.24, 2.45) is 5.92 Å². The van der Waals surface area contributed by atoms with Crippen LogP contribution in [0.3, 0.4) is 0 Å². The molecule has 1 heterocycles. The molecule has 124 valence electrons. The number of hydrogen-bond donors (Lipinski definition) is 2. The van der Waals surface area contributed by atoms with Gasteiger partial charge in [0.2, 0.25) is 0 Å². The topological polar surface area (TPSA) is 33.3 Å². The van der Waals surface area contributed by atoms with Gasteiger partial charge in [0.15, 0.2) is 5.75 Å². The average Bonchev–Trinajstić information content (AvgIpc) is 2.87. The van der Waals surface area contributed by atoms with Crippen molar-refractivity contribution in [3.63, 3.8) is 0 Å². The molecule has 0 bridgehead atoms. The standard InChI is InChI=1S/C18H29ClN2O/c1-5-8-13(9-6-2)16(7-3)20-18-14-11-15(19)12(4)10-17(14)22-21-18/h10-11,13,16,18,20-21H,5-9H2,1-4H3.